The Morgan fingerprint density at radius 1 is 1.42 bits per heavy atom. The fourth-order valence-corrected chi connectivity index (χ4v) is 5.31. The smallest absolute Gasteiger partial charge is 0.384 e. The number of nitrogens with zero attached hydrogens (tertiary/aromatic N) is 4. The molecular formula is C21H21F3N4O2S. The molecule has 0 aliphatic carbocycles. The minimum atomic E-state index is -4.60. The van der Waals surface area contributed by atoms with E-state index in [1.165, 1.54) is 17.4 Å². The molecule has 0 saturated carbocycles. The summed E-state index contributed by atoms with van der Waals surface area (Å²) in [7, 11) is 1.60. The second-order valence-corrected chi connectivity index (χ2v) is 8.82. The summed E-state index contributed by atoms with van der Waals surface area (Å²) in [6.45, 7) is 2.47. The zero-order chi connectivity index (χ0) is 22.2. The molecule has 4 rings (SSSR count). The van der Waals surface area contributed by atoms with Crippen molar-refractivity contribution in [1.29, 1.82) is 5.26 Å². The van der Waals surface area contributed by atoms with Crippen molar-refractivity contribution in [3.05, 3.63) is 45.9 Å². The van der Waals surface area contributed by atoms with Crippen LogP contribution in [0, 0.1) is 22.7 Å². The van der Waals surface area contributed by atoms with Gasteiger partial charge in [0.05, 0.1) is 29.3 Å². The quantitative estimate of drug-likeness (QED) is 0.711. The molecule has 2 aliphatic heterocycles. The highest BCUT2D eigenvalue weighted by molar-refractivity contribution is 7.07. The van der Waals surface area contributed by atoms with Gasteiger partial charge in [-0.25, -0.2) is 4.98 Å². The Balaban J connectivity index is 1.61. The molecule has 164 valence electrons. The Morgan fingerprint density at radius 2 is 2.23 bits per heavy atom. The van der Waals surface area contributed by atoms with Gasteiger partial charge < -0.3 is 14.5 Å². The first-order chi connectivity index (χ1) is 14.8. The molecule has 2 fully saturated rings. The highest BCUT2D eigenvalue weighted by Gasteiger charge is 2.51. The molecule has 2 aromatic rings. The number of aromatic nitrogens is 1. The summed E-state index contributed by atoms with van der Waals surface area (Å²) in [5.74, 6) is 0.0447. The molecule has 0 spiro atoms. The minimum absolute atomic E-state index is 0.133. The molecule has 10 heteroatoms. The van der Waals surface area contributed by atoms with Gasteiger partial charge in [0.2, 0.25) is 0 Å². The Kier molecular flexibility index (Phi) is 5.66. The fraction of sp³-hybridized carbons (Fsp3) is 0.476. The van der Waals surface area contributed by atoms with Crippen LogP contribution in [-0.2, 0) is 10.9 Å². The number of carbonyl (C=O) groups excluding carboxylic acids is 1. The van der Waals surface area contributed by atoms with Crippen LogP contribution in [0.25, 0.3) is 0 Å². The summed E-state index contributed by atoms with van der Waals surface area (Å²) in [6, 6.07) is 5.45. The average molecular weight is 450 g/mol. The number of amides is 1. The first-order valence-corrected chi connectivity index (χ1v) is 10.7. The van der Waals surface area contributed by atoms with Crippen LogP contribution in [0.1, 0.15) is 28.0 Å². The van der Waals surface area contributed by atoms with Crippen LogP contribution >= 0.6 is 11.3 Å². The maximum absolute atomic E-state index is 13.4. The molecule has 0 radical (unpaired) electrons. The number of methoxy groups -OCH3 is 1. The monoisotopic (exact) mass is 450 g/mol. The predicted molar refractivity (Wildman–Crippen MR) is 109 cm³/mol. The second-order valence-electron chi connectivity index (χ2n) is 8.10. The maximum Gasteiger partial charge on any atom is 0.417 e. The number of alkyl halides is 3. The number of carbonyl (C=O) groups is 1. The molecule has 2 atom stereocenters. The Labute approximate surface area is 181 Å². The van der Waals surface area contributed by atoms with E-state index in [9.17, 15) is 18.0 Å². The number of ether oxygens (including phenoxy) is 1. The highest BCUT2D eigenvalue weighted by Crippen LogP contribution is 2.45. The number of likely N-dealkylation sites (tertiary alicyclic amines) is 1. The number of thiazole rings is 1. The molecule has 2 saturated heterocycles. The van der Waals surface area contributed by atoms with Gasteiger partial charge in [-0.1, -0.05) is 0 Å². The van der Waals surface area contributed by atoms with E-state index in [1.807, 2.05) is 4.90 Å². The summed E-state index contributed by atoms with van der Waals surface area (Å²) in [5.41, 5.74) is 0.750. The second kappa shape index (κ2) is 8.13. The highest BCUT2D eigenvalue weighted by atomic mass is 32.1. The van der Waals surface area contributed by atoms with E-state index < -0.39 is 11.7 Å². The number of hydrogen-bond acceptors (Lipinski definition) is 6. The fourth-order valence-electron chi connectivity index (χ4n) is 4.79. The van der Waals surface area contributed by atoms with Crippen LogP contribution in [-0.4, -0.2) is 55.7 Å². The van der Waals surface area contributed by atoms with Gasteiger partial charge in [0.1, 0.15) is 5.69 Å². The molecule has 3 heterocycles. The van der Waals surface area contributed by atoms with E-state index in [4.69, 9.17) is 10.00 Å². The van der Waals surface area contributed by atoms with Gasteiger partial charge in [-0.2, -0.15) is 18.4 Å². The van der Waals surface area contributed by atoms with Gasteiger partial charge in [0, 0.05) is 49.8 Å². The maximum atomic E-state index is 13.4. The average Bonchev–Trinajstić information content (AvgIpc) is 3.40. The van der Waals surface area contributed by atoms with Crippen LogP contribution in [0.3, 0.4) is 0 Å². The molecule has 1 aromatic carbocycles. The van der Waals surface area contributed by atoms with Crippen LogP contribution in [0.2, 0.25) is 0 Å². The van der Waals surface area contributed by atoms with E-state index in [0.717, 1.165) is 12.5 Å². The molecule has 31 heavy (non-hydrogen) atoms. The van der Waals surface area contributed by atoms with Crippen molar-refractivity contribution in [2.45, 2.75) is 12.6 Å². The number of nitriles is 1. The van der Waals surface area contributed by atoms with E-state index >= 15 is 0 Å². The van der Waals surface area contributed by atoms with E-state index in [0.29, 0.717) is 44.2 Å². The van der Waals surface area contributed by atoms with Crippen molar-refractivity contribution in [3.63, 3.8) is 0 Å². The number of anilines is 1. The van der Waals surface area contributed by atoms with Crippen LogP contribution in [0.5, 0.6) is 0 Å². The molecule has 2 aliphatic rings. The van der Waals surface area contributed by atoms with Gasteiger partial charge >= 0.3 is 6.18 Å². The summed E-state index contributed by atoms with van der Waals surface area (Å²) in [5, 5.41) is 10.8. The molecule has 1 amide bonds. The van der Waals surface area contributed by atoms with Crippen molar-refractivity contribution < 1.29 is 22.7 Å². The van der Waals surface area contributed by atoms with Gasteiger partial charge in [-0.05, 0) is 30.5 Å². The zero-order valence-electron chi connectivity index (χ0n) is 16.9. The van der Waals surface area contributed by atoms with Crippen molar-refractivity contribution in [1.82, 2.24) is 9.88 Å². The lowest BCUT2D eigenvalue weighted by Crippen LogP contribution is -2.53. The normalized spacial score (nSPS) is 23.5. The standard InChI is InChI=1S/C21H21F3N4O2S/c1-30-12-20-10-27(19(29)18-9-31-13-26-18)5-4-15(20)8-28(11-20)16-3-2-14(7-25)17(6-16)21(22,23)24/h2-3,6,9,13,15H,4-5,8,10-12H2,1H3. The van der Waals surface area contributed by atoms with Gasteiger partial charge in [-0.15, -0.1) is 11.3 Å². The predicted octanol–water partition coefficient (Wildman–Crippen LogP) is 3.65. The number of rotatable bonds is 4. The topological polar surface area (TPSA) is 69.5 Å². The summed E-state index contributed by atoms with van der Waals surface area (Å²) < 4.78 is 45.8. The molecule has 6 nitrogen and oxygen atoms in total. The van der Waals surface area contributed by atoms with Crippen molar-refractivity contribution in [3.8, 4) is 6.07 Å². The lowest BCUT2D eigenvalue weighted by molar-refractivity contribution is -0.137. The van der Waals surface area contributed by atoms with E-state index in [2.05, 4.69) is 4.98 Å². The first-order valence-electron chi connectivity index (χ1n) is 9.80. The summed E-state index contributed by atoms with van der Waals surface area (Å²) in [4.78, 5) is 20.6. The van der Waals surface area contributed by atoms with Crippen molar-refractivity contribution in [2.75, 3.05) is 44.8 Å². The SMILES string of the molecule is COCC12CN(C(=O)c3cscn3)CCC1CN(c1ccc(C#N)c(C(F)(F)F)c1)C2. The van der Waals surface area contributed by atoms with Gasteiger partial charge in [0.25, 0.3) is 5.91 Å². The van der Waals surface area contributed by atoms with E-state index in [-0.39, 0.29) is 22.8 Å². The number of hydrogen-bond donors (Lipinski definition) is 0. The summed E-state index contributed by atoms with van der Waals surface area (Å²) >= 11 is 1.36. The van der Waals surface area contributed by atoms with Crippen LogP contribution in [0.15, 0.2) is 29.1 Å². The lowest BCUT2D eigenvalue weighted by Gasteiger charge is -2.43. The minimum Gasteiger partial charge on any atom is -0.384 e. The number of fused-ring (bicyclic) bond motifs is 1. The third kappa shape index (κ3) is 4.00. The van der Waals surface area contributed by atoms with E-state index in [1.54, 1.807) is 35.0 Å². The number of piperidine rings is 1. The Bertz CT molecular complexity index is 1010. The molecule has 1 aromatic heterocycles. The Hall–Kier alpha value is -2.64. The number of benzene rings is 1. The van der Waals surface area contributed by atoms with Crippen molar-refractivity contribution in [2.24, 2.45) is 11.3 Å². The molecule has 0 bridgehead atoms. The largest absolute Gasteiger partial charge is 0.417 e. The van der Waals surface area contributed by atoms with Crippen LogP contribution < -0.4 is 4.90 Å². The number of halogens is 3. The molecular weight excluding hydrogens is 429 g/mol. The Morgan fingerprint density at radius 3 is 2.87 bits per heavy atom. The van der Waals surface area contributed by atoms with Gasteiger partial charge in [-0.3, -0.25) is 4.79 Å². The zero-order valence-corrected chi connectivity index (χ0v) is 17.7. The molecule has 0 N–H and O–H groups in total. The third-order valence-electron chi connectivity index (χ3n) is 6.23. The first kappa shape index (κ1) is 21.6. The third-order valence-corrected chi connectivity index (χ3v) is 6.82. The lowest BCUT2D eigenvalue weighted by atomic mass is 9.74. The molecule has 2 unspecified atom stereocenters. The van der Waals surface area contributed by atoms with Gasteiger partial charge in [0.15, 0.2) is 0 Å². The van der Waals surface area contributed by atoms with Crippen LogP contribution in [0.4, 0.5) is 18.9 Å². The van der Waals surface area contributed by atoms with Crippen molar-refractivity contribution >= 4 is 22.9 Å². The summed E-state index contributed by atoms with van der Waals surface area (Å²) in [6.07, 6.45) is -3.87.